The maximum Gasteiger partial charge on any atom is 0.413 e. The van der Waals surface area contributed by atoms with Crippen LogP contribution >= 0.6 is 0 Å². The number of methoxy groups -OCH3 is 3. The molecular formula is C18H25NO9. The lowest BCUT2D eigenvalue weighted by molar-refractivity contribution is -0.139. The van der Waals surface area contributed by atoms with Gasteiger partial charge in [0.2, 0.25) is 12.5 Å². The van der Waals surface area contributed by atoms with Crippen molar-refractivity contribution in [1.82, 2.24) is 4.90 Å². The number of carbonyl (C=O) groups excluding carboxylic acids is 2. The van der Waals surface area contributed by atoms with E-state index in [9.17, 15) is 14.4 Å². The fourth-order valence-electron chi connectivity index (χ4n) is 2.20. The first-order valence-electron chi connectivity index (χ1n) is 8.18. The van der Waals surface area contributed by atoms with Crippen LogP contribution in [0.25, 0.3) is 0 Å². The van der Waals surface area contributed by atoms with Gasteiger partial charge in [-0.15, -0.1) is 0 Å². The maximum absolute atomic E-state index is 12.2. The van der Waals surface area contributed by atoms with E-state index in [-0.39, 0.29) is 17.1 Å². The fourth-order valence-corrected chi connectivity index (χ4v) is 2.20. The maximum atomic E-state index is 12.2. The van der Waals surface area contributed by atoms with Crippen LogP contribution in [0, 0.1) is 0 Å². The zero-order valence-corrected chi connectivity index (χ0v) is 16.7. The number of hydrogen-bond acceptors (Lipinski definition) is 8. The SMILES string of the molecule is COc1cc(C(=O)OCOC(=O)N(CC(=O)O)C(C)(C)C)cc(OC)c1OC. The standard InChI is InChI=1S/C18H25NO9/c1-18(2,3)19(9-14(20)21)17(23)28-10-27-16(22)11-7-12(24-4)15(26-6)13(8-11)25-5/h7-8H,9-10H2,1-6H3,(H,20,21). The number of benzene rings is 1. The highest BCUT2D eigenvalue weighted by molar-refractivity contribution is 5.91. The van der Waals surface area contributed by atoms with Crippen molar-refractivity contribution in [3.63, 3.8) is 0 Å². The average molecular weight is 399 g/mol. The Morgan fingerprint density at radius 3 is 1.89 bits per heavy atom. The van der Waals surface area contributed by atoms with Gasteiger partial charge in [-0.2, -0.15) is 0 Å². The van der Waals surface area contributed by atoms with Gasteiger partial charge in [-0.05, 0) is 32.9 Å². The molecule has 0 radical (unpaired) electrons. The summed E-state index contributed by atoms with van der Waals surface area (Å²) in [4.78, 5) is 36.3. The molecule has 0 aliphatic heterocycles. The molecule has 1 amide bonds. The van der Waals surface area contributed by atoms with E-state index in [1.165, 1.54) is 33.5 Å². The highest BCUT2D eigenvalue weighted by Crippen LogP contribution is 2.38. The number of nitrogens with zero attached hydrogens (tertiary/aromatic N) is 1. The number of carboxylic acids is 1. The van der Waals surface area contributed by atoms with Crippen LogP contribution in [0.4, 0.5) is 4.79 Å². The molecule has 10 heteroatoms. The molecule has 0 spiro atoms. The molecular weight excluding hydrogens is 374 g/mol. The average Bonchev–Trinajstić information content (AvgIpc) is 2.63. The summed E-state index contributed by atoms with van der Waals surface area (Å²) >= 11 is 0. The number of esters is 1. The largest absolute Gasteiger partial charge is 0.493 e. The van der Waals surface area contributed by atoms with E-state index in [0.29, 0.717) is 5.75 Å². The van der Waals surface area contributed by atoms with Crippen LogP contribution in [0.1, 0.15) is 31.1 Å². The Balaban J connectivity index is 2.82. The summed E-state index contributed by atoms with van der Waals surface area (Å²) in [6.07, 6.45) is -0.924. The minimum Gasteiger partial charge on any atom is -0.493 e. The molecule has 0 saturated carbocycles. The molecule has 0 aliphatic rings. The van der Waals surface area contributed by atoms with Crippen LogP contribution in [0.3, 0.4) is 0 Å². The van der Waals surface area contributed by atoms with Crippen molar-refractivity contribution < 1.29 is 43.2 Å². The van der Waals surface area contributed by atoms with Gasteiger partial charge >= 0.3 is 18.0 Å². The van der Waals surface area contributed by atoms with Gasteiger partial charge in [0.05, 0.1) is 26.9 Å². The topological polar surface area (TPSA) is 121 Å². The first-order valence-corrected chi connectivity index (χ1v) is 8.18. The van der Waals surface area contributed by atoms with Crippen molar-refractivity contribution >= 4 is 18.0 Å². The van der Waals surface area contributed by atoms with E-state index in [0.717, 1.165) is 4.90 Å². The molecule has 0 unspecified atom stereocenters. The first kappa shape index (κ1) is 22.9. The number of carbonyl (C=O) groups is 3. The lowest BCUT2D eigenvalue weighted by Crippen LogP contribution is -2.48. The number of rotatable bonds is 8. The summed E-state index contributed by atoms with van der Waals surface area (Å²) < 4.78 is 25.3. The van der Waals surface area contributed by atoms with Crippen molar-refractivity contribution in [1.29, 1.82) is 0 Å². The van der Waals surface area contributed by atoms with E-state index in [1.54, 1.807) is 20.8 Å². The molecule has 0 aliphatic carbocycles. The van der Waals surface area contributed by atoms with E-state index < -0.39 is 36.9 Å². The van der Waals surface area contributed by atoms with Crippen molar-refractivity contribution in [3.8, 4) is 17.2 Å². The van der Waals surface area contributed by atoms with Gasteiger partial charge in [-0.25, -0.2) is 9.59 Å². The molecule has 0 aromatic heterocycles. The van der Waals surface area contributed by atoms with Crippen molar-refractivity contribution in [3.05, 3.63) is 17.7 Å². The van der Waals surface area contributed by atoms with Crippen molar-refractivity contribution in [2.75, 3.05) is 34.7 Å². The van der Waals surface area contributed by atoms with Crippen molar-refractivity contribution in [2.24, 2.45) is 0 Å². The first-order chi connectivity index (χ1) is 13.0. The second-order valence-electron chi connectivity index (χ2n) is 6.52. The van der Waals surface area contributed by atoms with E-state index >= 15 is 0 Å². The van der Waals surface area contributed by atoms with Crippen LogP contribution < -0.4 is 14.2 Å². The van der Waals surface area contributed by atoms with Gasteiger partial charge in [0.25, 0.3) is 0 Å². The molecule has 10 nitrogen and oxygen atoms in total. The zero-order chi connectivity index (χ0) is 21.5. The predicted octanol–water partition coefficient (Wildman–Crippen LogP) is 2.15. The minimum absolute atomic E-state index is 0.0868. The Bertz CT molecular complexity index is 699. The second kappa shape index (κ2) is 9.67. The lowest BCUT2D eigenvalue weighted by atomic mass is 10.1. The second-order valence-corrected chi connectivity index (χ2v) is 6.52. The van der Waals surface area contributed by atoms with Crippen LogP contribution in [0.5, 0.6) is 17.2 Å². The van der Waals surface area contributed by atoms with E-state index in [4.69, 9.17) is 28.8 Å². The zero-order valence-electron chi connectivity index (χ0n) is 16.7. The Labute approximate surface area is 162 Å². The van der Waals surface area contributed by atoms with Crippen LogP contribution in [-0.4, -0.2) is 68.2 Å². The lowest BCUT2D eigenvalue weighted by Gasteiger charge is -2.33. The smallest absolute Gasteiger partial charge is 0.413 e. The summed E-state index contributed by atoms with van der Waals surface area (Å²) in [5.41, 5.74) is -0.709. The molecule has 1 rings (SSSR count). The molecule has 0 heterocycles. The summed E-state index contributed by atoms with van der Waals surface area (Å²) in [5.74, 6) is -1.17. The molecule has 0 bridgehead atoms. The van der Waals surface area contributed by atoms with Gasteiger partial charge in [0.15, 0.2) is 11.5 Å². The quantitative estimate of drug-likeness (QED) is 0.517. The number of aliphatic carboxylic acids is 1. The number of amides is 1. The third kappa shape index (κ3) is 5.93. The van der Waals surface area contributed by atoms with Gasteiger partial charge in [0, 0.05) is 5.54 Å². The molecule has 1 aromatic rings. The fraction of sp³-hybridized carbons (Fsp3) is 0.500. The van der Waals surface area contributed by atoms with E-state index in [2.05, 4.69) is 0 Å². The summed E-state index contributed by atoms with van der Waals surface area (Å²) in [7, 11) is 4.23. The van der Waals surface area contributed by atoms with E-state index in [1.807, 2.05) is 0 Å². The van der Waals surface area contributed by atoms with Gasteiger partial charge in [-0.1, -0.05) is 0 Å². The molecule has 0 fully saturated rings. The highest BCUT2D eigenvalue weighted by atomic mass is 16.7. The minimum atomic E-state index is -1.19. The Morgan fingerprint density at radius 2 is 1.50 bits per heavy atom. The molecule has 0 atom stereocenters. The Morgan fingerprint density at radius 1 is 0.964 bits per heavy atom. The molecule has 28 heavy (non-hydrogen) atoms. The third-order valence-electron chi connectivity index (χ3n) is 3.60. The summed E-state index contributed by atoms with van der Waals surface area (Å²) in [5, 5.41) is 8.93. The highest BCUT2D eigenvalue weighted by Gasteiger charge is 2.30. The van der Waals surface area contributed by atoms with Gasteiger partial charge in [-0.3, -0.25) is 9.69 Å². The molecule has 1 N–H and O–H groups in total. The number of carboxylic acid groups (broad SMARTS) is 1. The monoisotopic (exact) mass is 399 g/mol. The predicted molar refractivity (Wildman–Crippen MR) is 97.0 cm³/mol. The molecule has 156 valence electrons. The molecule has 0 saturated heterocycles. The van der Waals surface area contributed by atoms with Gasteiger partial charge in [0.1, 0.15) is 6.54 Å². The normalized spacial score (nSPS) is 10.6. The van der Waals surface area contributed by atoms with Crippen LogP contribution in [0.15, 0.2) is 12.1 Å². The van der Waals surface area contributed by atoms with Crippen molar-refractivity contribution in [2.45, 2.75) is 26.3 Å². The Hall–Kier alpha value is -3.17. The molecule has 1 aromatic carbocycles. The number of ether oxygens (including phenoxy) is 5. The van der Waals surface area contributed by atoms with Gasteiger partial charge < -0.3 is 28.8 Å². The Kier molecular flexibility index (Phi) is 7.90. The van der Waals surface area contributed by atoms with Crippen LogP contribution in [0.2, 0.25) is 0 Å². The summed E-state index contributed by atoms with van der Waals surface area (Å²) in [6, 6.07) is 2.77. The number of hydrogen-bond donors (Lipinski definition) is 1. The third-order valence-corrected chi connectivity index (χ3v) is 3.60. The van der Waals surface area contributed by atoms with Crippen LogP contribution in [-0.2, 0) is 14.3 Å². The summed E-state index contributed by atoms with van der Waals surface area (Å²) in [6.45, 7) is 3.71.